The van der Waals surface area contributed by atoms with E-state index in [9.17, 15) is 18.4 Å². The highest BCUT2D eigenvalue weighted by atomic mass is 19.3. The maximum Gasteiger partial charge on any atom is 0.273 e. The molecule has 1 aliphatic rings. The summed E-state index contributed by atoms with van der Waals surface area (Å²) in [6.45, 7) is 5.10. The molecule has 0 bridgehead atoms. The van der Waals surface area contributed by atoms with Gasteiger partial charge in [-0.25, -0.2) is 8.78 Å². The lowest BCUT2D eigenvalue weighted by atomic mass is 9.92. The zero-order valence-electron chi connectivity index (χ0n) is 20.0. The molecule has 0 radical (unpaired) electrons. The van der Waals surface area contributed by atoms with Gasteiger partial charge < -0.3 is 0 Å². The van der Waals surface area contributed by atoms with Crippen molar-refractivity contribution in [1.82, 2.24) is 4.98 Å². The number of anilines is 1. The van der Waals surface area contributed by atoms with E-state index in [-0.39, 0.29) is 24.2 Å². The van der Waals surface area contributed by atoms with Crippen molar-refractivity contribution in [1.29, 1.82) is 0 Å². The first-order chi connectivity index (χ1) is 16.7. The number of carbonyl (C=O) groups is 2. The Morgan fingerprint density at radius 3 is 2.57 bits per heavy atom. The number of alkyl halides is 2. The normalized spacial score (nSPS) is 15.9. The van der Waals surface area contributed by atoms with Gasteiger partial charge in [0, 0.05) is 30.2 Å². The number of aryl methyl sites for hydroxylation is 1. The molecule has 1 amide bonds. The largest absolute Gasteiger partial charge is 0.298 e. The van der Waals surface area contributed by atoms with E-state index in [1.54, 1.807) is 25.3 Å². The monoisotopic (exact) mass is 475 g/mol. The molecule has 0 N–H and O–H groups in total. The van der Waals surface area contributed by atoms with E-state index < -0.39 is 17.7 Å². The Bertz CT molecular complexity index is 1300. The lowest BCUT2D eigenvalue weighted by molar-refractivity contribution is -0.128. The molecule has 0 saturated heterocycles. The van der Waals surface area contributed by atoms with Crippen molar-refractivity contribution in [3.05, 3.63) is 83.6 Å². The summed E-state index contributed by atoms with van der Waals surface area (Å²) in [5.74, 6) is -4.83. The second-order valence-electron chi connectivity index (χ2n) is 8.64. The molecule has 7 heteroatoms. The molecule has 0 saturated carbocycles. The summed E-state index contributed by atoms with van der Waals surface area (Å²) in [6, 6.07) is 17.1. The van der Waals surface area contributed by atoms with Gasteiger partial charge >= 0.3 is 0 Å². The van der Waals surface area contributed by atoms with Crippen LogP contribution < -0.4 is 5.01 Å². The quantitative estimate of drug-likeness (QED) is 0.378. The number of carbonyl (C=O) groups excluding carboxylic acids is 2. The predicted octanol–water partition coefficient (Wildman–Crippen LogP) is 5.96. The van der Waals surface area contributed by atoms with Crippen LogP contribution in [0.5, 0.6) is 0 Å². The van der Waals surface area contributed by atoms with E-state index in [1.807, 2.05) is 30.3 Å². The molecule has 0 aliphatic carbocycles. The Kier molecular flexibility index (Phi) is 6.87. The van der Waals surface area contributed by atoms with Crippen LogP contribution in [0.2, 0.25) is 0 Å². The maximum absolute atomic E-state index is 14.1. The van der Waals surface area contributed by atoms with Gasteiger partial charge in [0.05, 0.1) is 17.1 Å². The molecule has 2 heterocycles. The average molecular weight is 476 g/mol. The number of hydrogen-bond acceptors (Lipinski definition) is 4. The molecule has 1 unspecified atom stereocenters. The van der Waals surface area contributed by atoms with Crippen molar-refractivity contribution in [2.24, 2.45) is 11.0 Å². The third-order valence-electron chi connectivity index (χ3n) is 6.26. The lowest BCUT2D eigenvalue weighted by Gasteiger charge is -2.17. The maximum atomic E-state index is 14.1. The van der Waals surface area contributed by atoms with Crippen LogP contribution in [-0.2, 0) is 28.4 Å². The Balaban J connectivity index is 1.56. The Morgan fingerprint density at radius 1 is 1.06 bits per heavy atom. The van der Waals surface area contributed by atoms with Gasteiger partial charge in [0.25, 0.3) is 11.8 Å². The van der Waals surface area contributed by atoms with Gasteiger partial charge in [-0.3, -0.25) is 14.6 Å². The van der Waals surface area contributed by atoms with Crippen LogP contribution in [0.1, 0.15) is 43.9 Å². The number of benzene rings is 2. The third-order valence-corrected chi connectivity index (χ3v) is 6.26. The average Bonchev–Trinajstić information content (AvgIpc) is 3.17. The van der Waals surface area contributed by atoms with Crippen molar-refractivity contribution in [3.8, 4) is 11.3 Å². The van der Waals surface area contributed by atoms with E-state index in [2.05, 4.69) is 17.0 Å². The molecule has 3 aromatic rings. The van der Waals surface area contributed by atoms with E-state index >= 15 is 0 Å². The van der Waals surface area contributed by atoms with Crippen molar-refractivity contribution < 1.29 is 18.4 Å². The summed E-state index contributed by atoms with van der Waals surface area (Å²) in [7, 11) is 0. The molecule has 180 valence electrons. The fourth-order valence-electron chi connectivity index (χ4n) is 4.31. The van der Waals surface area contributed by atoms with E-state index in [4.69, 9.17) is 0 Å². The van der Waals surface area contributed by atoms with E-state index in [1.165, 1.54) is 30.1 Å². The summed E-state index contributed by atoms with van der Waals surface area (Å²) in [5, 5.41) is 5.62. The molecule has 0 fully saturated rings. The first-order valence-electron chi connectivity index (χ1n) is 11.7. The first-order valence-corrected chi connectivity index (χ1v) is 11.7. The minimum Gasteiger partial charge on any atom is -0.298 e. The highest BCUT2D eigenvalue weighted by Crippen LogP contribution is 2.33. The highest BCUT2D eigenvalue weighted by molar-refractivity contribution is 6.27. The van der Waals surface area contributed by atoms with Crippen LogP contribution >= 0.6 is 0 Å². The standard InChI is InChI=1S/C28H27F2N3O2/c1-4-20-11-8-14-31-26(20)21-10-7-13-23(17-21)33-27(35)25(18(3)32-33)24(34)16-19-9-6-12-22(15-19)28(29,30)5-2/h6-15,17,25H,4-5,16H2,1-3H3. The van der Waals surface area contributed by atoms with Crippen molar-refractivity contribution in [3.63, 3.8) is 0 Å². The number of hydrogen-bond donors (Lipinski definition) is 0. The highest BCUT2D eigenvalue weighted by Gasteiger charge is 2.39. The topological polar surface area (TPSA) is 62.6 Å². The van der Waals surface area contributed by atoms with E-state index in [0.717, 1.165) is 23.2 Å². The second-order valence-corrected chi connectivity index (χ2v) is 8.64. The van der Waals surface area contributed by atoms with Crippen LogP contribution in [0, 0.1) is 5.92 Å². The minimum atomic E-state index is -2.97. The van der Waals surface area contributed by atoms with Crippen LogP contribution in [0.3, 0.4) is 0 Å². The lowest BCUT2D eigenvalue weighted by Crippen LogP contribution is -2.33. The number of Topliss-reactive ketones (excluding diaryl/α,β-unsaturated/α-hetero) is 1. The van der Waals surface area contributed by atoms with Gasteiger partial charge in [-0.2, -0.15) is 10.1 Å². The summed E-state index contributed by atoms with van der Waals surface area (Å²) in [6.07, 6.45) is 2.09. The summed E-state index contributed by atoms with van der Waals surface area (Å²) in [4.78, 5) is 30.8. The third kappa shape index (κ3) is 4.90. The second kappa shape index (κ2) is 9.86. The fraction of sp³-hybridized carbons (Fsp3) is 0.286. The molecule has 35 heavy (non-hydrogen) atoms. The van der Waals surface area contributed by atoms with Gasteiger partial charge in [0.2, 0.25) is 0 Å². The number of ketones is 1. The molecule has 1 aromatic heterocycles. The number of nitrogens with zero attached hydrogens (tertiary/aromatic N) is 3. The minimum absolute atomic E-state index is 0.126. The van der Waals surface area contributed by atoms with Gasteiger partial charge in [-0.15, -0.1) is 0 Å². The zero-order valence-corrected chi connectivity index (χ0v) is 20.0. The van der Waals surface area contributed by atoms with Crippen LogP contribution in [0.15, 0.2) is 72.0 Å². The molecular formula is C28H27F2N3O2. The summed E-state index contributed by atoms with van der Waals surface area (Å²) < 4.78 is 28.2. The Morgan fingerprint density at radius 2 is 1.83 bits per heavy atom. The number of pyridine rings is 1. The summed E-state index contributed by atoms with van der Waals surface area (Å²) in [5.41, 5.74) is 4.01. The number of hydrazone groups is 1. The predicted molar refractivity (Wildman–Crippen MR) is 132 cm³/mol. The first kappa shape index (κ1) is 24.4. The van der Waals surface area contributed by atoms with Crippen molar-refractivity contribution in [2.75, 3.05) is 5.01 Å². The number of halogens is 2. The smallest absolute Gasteiger partial charge is 0.273 e. The molecule has 0 spiro atoms. The number of aromatic nitrogens is 1. The van der Waals surface area contributed by atoms with Gasteiger partial charge in [0.15, 0.2) is 5.78 Å². The van der Waals surface area contributed by atoms with Gasteiger partial charge in [-0.05, 0) is 48.7 Å². The molecule has 2 aromatic carbocycles. The van der Waals surface area contributed by atoms with Gasteiger partial charge in [-0.1, -0.05) is 50.2 Å². The molecule has 4 rings (SSSR count). The fourth-order valence-corrected chi connectivity index (χ4v) is 4.31. The van der Waals surface area contributed by atoms with Crippen LogP contribution in [-0.4, -0.2) is 22.4 Å². The van der Waals surface area contributed by atoms with Crippen LogP contribution in [0.25, 0.3) is 11.3 Å². The molecular weight excluding hydrogens is 448 g/mol. The SMILES string of the molecule is CCc1cccnc1-c1cccc(N2N=C(C)C(C(=O)Cc3cccc(C(F)(F)CC)c3)C2=O)c1. The molecule has 5 nitrogen and oxygen atoms in total. The zero-order chi connectivity index (χ0) is 25.2. The number of amides is 1. The summed E-state index contributed by atoms with van der Waals surface area (Å²) >= 11 is 0. The van der Waals surface area contributed by atoms with Crippen molar-refractivity contribution >= 4 is 23.1 Å². The molecule has 1 atom stereocenters. The van der Waals surface area contributed by atoms with Crippen molar-refractivity contribution in [2.45, 2.75) is 46.0 Å². The number of rotatable bonds is 8. The van der Waals surface area contributed by atoms with Crippen LogP contribution in [0.4, 0.5) is 14.5 Å². The van der Waals surface area contributed by atoms with Gasteiger partial charge in [0.1, 0.15) is 5.92 Å². The molecule has 1 aliphatic heterocycles. The van der Waals surface area contributed by atoms with E-state index in [0.29, 0.717) is 17.0 Å². The Hall–Kier alpha value is -3.74. The Labute approximate surface area is 203 Å².